The second-order valence-electron chi connectivity index (χ2n) is 3.69. The second kappa shape index (κ2) is 5.81. The van der Waals surface area contributed by atoms with Crippen molar-refractivity contribution in [2.24, 2.45) is 0 Å². The zero-order valence-corrected chi connectivity index (χ0v) is 10.1. The third-order valence-corrected chi connectivity index (χ3v) is 2.33. The molecule has 1 aromatic rings. The molecule has 1 atom stereocenters. The van der Waals surface area contributed by atoms with Crippen molar-refractivity contribution in [3.8, 4) is 0 Å². The number of hydrogen-bond donors (Lipinski definition) is 3. The van der Waals surface area contributed by atoms with Crippen molar-refractivity contribution in [2.75, 3.05) is 7.05 Å². The summed E-state index contributed by atoms with van der Waals surface area (Å²) in [4.78, 5) is 33.7. The summed E-state index contributed by atoms with van der Waals surface area (Å²) in [6.45, 7) is 1.36. The summed E-state index contributed by atoms with van der Waals surface area (Å²) in [7, 11) is 1.49. The first kappa shape index (κ1) is 13.7. The predicted molar refractivity (Wildman–Crippen MR) is 64.4 cm³/mol. The molecule has 1 rings (SSSR count). The summed E-state index contributed by atoms with van der Waals surface area (Å²) in [6.07, 6.45) is 0. The lowest BCUT2D eigenvalue weighted by Crippen LogP contribution is -2.38. The Hall–Kier alpha value is -2.37. The van der Waals surface area contributed by atoms with Crippen LogP contribution in [0.3, 0.4) is 0 Å². The van der Waals surface area contributed by atoms with Gasteiger partial charge in [0.15, 0.2) is 0 Å². The molecule has 0 aromatic heterocycles. The number of benzene rings is 1. The molecule has 0 heterocycles. The van der Waals surface area contributed by atoms with Crippen molar-refractivity contribution in [3.05, 3.63) is 35.4 Å². The topological polar surface area (TPSA) is 95.5 Å². The number of amides is 2. The Bertz CT molecular complexity index is 485. The molecule has 18 heavy (non-hydrogen) atoms. The number of carboxylic acid groups (broad SMARTS) is 1. The summed E-state index contributed by atoms with van der Waals surface area (Å²) < 4.78 is 0. The first-order chi connectivity index (χ1) is 8.45. The average Bonchev–Trinajstić information content (AvgIpc) is 2.37. The van der Waals surface area contributed by atoms with Crippen molar-refractivity contribution >= 4 is 17.8 Å². The largest absolute Gasteiger partial charge is 0.480 e. The van der Waals surface area contributed by atoms with Gasteiger partial charge in [0.2, 0.25) is 0 Å². The smallest absolute Gasteiger partial charge is 0.325 e. The Labute approximate surface area is 104 Å². The molecule has 96 valence electrons. The van der Waals surface area contributed by atoms with E-state index in [-0.39, 0.29) is 11.5 Å². The number of carboxylic acids is 1. The summed E-state index contributed by atoms with van der Waals surface area (Å²) in [5, 5.41) is 13.4. The fourth-order valence-corrected chi connectivity index (χ4v) is 1.29. The molecule has 0 aliphatic heterocycles. The van der Waals surface area contributed by atoms with Crippen LogP contribution in [0.25, 0.3) is 0 Å². The highest BCUT2D eigenvalue weighted by Crippen LogP contribution is 2.05. The van der Waals surface area contributed by atoms with Crippen molar-refractivity contribution in [2.45, 2.75) is 13.0 Å². The number of rotatable bonds is 4. The molecule has 0 saturated carbocycles. The number of aliphatic carboxylic acids is 1. The van der Waals surface area contributed by atoms with Crippen LogP contribution in [0.5, 0.6) is 0 Å². The average molecular weight is 250 g/mol. The highest BCUT2D eigenvalue weighted by Gasteiger charge is 2.16. The van der Waals surface area contributed by atoms with E-state index in [4.69, 9.17) is 5.11 Å². The van der Waals surface area contributed by atoms with Gasteiger partial charge < -0.3 is 15.7 Å². The number of nitrogens with one attached hydrogen (secondary N) is 2. The van der Waals surface area contributed by atoms with Crippen molar-refractivity contribution in [1.82, 2.24) is 10.6 Å². The lowest BCUT2D eigenvalue weighted by Gasteiger charge is -2.09. The Morgan fingerprint density at radius 1 is 1.17 bits per heavy atom. The van der Waals surface area contributed by atoms with E-state index in [0.29, 0.717) is 5.56 Å². The molecule has 1 aromatic carbocycles. The third-order valence-electron chi connectivity index (χ3n) is 2.33. The SMILES string of the molecule is CNC(=O)c1cccc(C(=O)N[C@H](C)C(=O)O)c1. The van der Waals surface area contributed by atoms with Gasteiger partial charge in [0.25, 0.3) is 11.8 Å². The van der Waals surface area contributed by atoms with Gasteiger partial charge in [-0.15, -0.1) is 0 Å². The van der Waals surface area contributed by atoms with Crippen LogP contribution in [0.1, 0.15) is 27.6 Å². The van der Waals surface area contributed by atoms with Gasteiger partial charge in [-0.2, -0.15) is 0 Å². The maximum atomic E-state index is 11.7. The fraction of sp³-hybridized carbons (Fsp3) is 0.250. The first-order valence-corrected chi connectivity index (χ1v) is 5.31. The molecular formula is C12H14N2O4. The van der Waals surface area contributed by atoms with Crippen molar-refractivity contribution < 1.29 is 19.5 Å². The maximum absolute atomic E-state index is 11.7. The van der Waals surface area contributed by atoms with Crippen LogP contribution in [-0.4, -0.2) is 36.0 Å². The first-order valence-electron chi connectivity index (χ1n) is 5.31. The van der Waals surface area contributed by atoms with Crippen LogP contribution in [0.2, 0.25) is 0 Å². The Morgan fingerprint density at radius 3 is 2.22 bits per heavy atom. The van der Waals surface area contributed by atoms with Gasteiger partial charge in [-0.1, -0.05) is 6.07 Å². The second-order valence-corrected chi connectivity index (χ2v) is 3.69. The maximum Gasteiger partial charge on any atom is 0.325 e. The molecule has 0 saturated heterocycles. The van der Waals surface area contributed by atoms with E-state index in [2.05, 4.69) is 10.6 Å². The molecule has 0 aliphatic carbocycles. The monoisotopic (exact) mass is 250 g/mol. The minimum atomic E-state index is -1.12. The van der Waals surface area contributed by atoms with Crippen LogP contribution in [0.15, 0.2) is 24.3 Å². The molecule has 0 bridgehead atoms. The molecule has 0 fully saturated rings. The minimum absolute atomic E-state index is 0.240. The molecule has 0 aliphatic rings. The van der Waals surface area contributed by atoms with E-state index in [0.717, 1.165) is 0 Å². The standard InChI is InChI=1S/C12H14N2O4/c1-7(12(17)18)14-11(16)9-5-3-4-8(6-9)10(15)13-2/h3-7H,1-2H3,(H,13,15)(H,14,16)(H,17,18)/t7-/m1/s1. The highest BCUT2D eigenvalue weighted by molar-refractivity contribution is 6.00. The molecular weight excluding hydrogens is 236 g/mol. The quantitative estimate of drug-likeness (QED) is 0.713. The lowest BCUT2D eigenvalue weighted by atomic mass is 10.1. The number of carbonyl (C=O) groups is 3. The van der Waals surface area contributed by atoms with Gasteiger partial charge in [-0.3, -0.25) is 14.4 Å². The summed E-state index contributed by atoms with van der Waals surface area (Å²) in [5.41, 5.74) is 0.581. The van der Waals surface area contributed by atoms with E-state index < -0.39 is 17.9 Å². The molecule has 0 radical (unpaired) electrons. The Balaban J connectivity index is 2.87. The molecule has 0 unspecified atom stereocenters. The molecule has 2 amide bonds. The van der Waals surface area contributed by atoms with Crippen LogP contribution in [-0.2, 0) is 4.79 Å². The van der Waals surface area contributed by atoms with Gasteiger partial charge in [-0.05, 0) is 25.1 Å². The zero-order valence-electron chi connectivity index (χ0n) is 10.1. The van der Waals surface area contributed by atoms with Gasteiger partial charge in [0.05, 0.1) is 0 Å². The summed E-state index contributed by atoms with van der Waals surface area (Å²) in [6, 6.07) is 5.06. The van der Waals surface area contributed by atoms with Gasteiger partial charge in [0, 0.05) is 18.2 Å². The van der Waals surface area contributed by atoms with Crippen LogP contribution in [0, 0.1) is 0 Å². The zero-order chi connectivity index (χ0) is 13.7. The molecule has 3 N–H and O–H groups in total. The normalized spacial score (nSPS) is 11.4. The van der Waals surface area contributed by atoms with Gasteiger partial charge in [0.1, 0.15) is 6.04 Å². The third kappa shape index (κ3) is 3.31. The number of hydrogen-bond acceptors (Lipinski definition) is 3. The lowest BCUT2D eigenvalue weighted by molar-refractivity contribution is -0.138. The van der Waals surface area contributed by atoms with E-state index in [1.54, 1.807) is 12.1 Å². The summed E-state index contributed by atoms with van der Waals surface area (Å²) in [5.74, 6) is -1.96. The number of carbonyl (C=O) groups excluding carboxylic acids is 2. The summed E-state index contributed by atoms with van der Waals surface area (Å²) >= 11 is 0. The molecule has 6 heteroatoms. The van der Waals surface area contributed by atoms with E-state index in [9.17, 15) is 14.4 Å². The van der Waals surface area contributed by atoms with E-state index in [1.165, 1.54) is 26.1 Å². The Kier molecular flexibility index (Phi) is 4.42. The Morgan fingerprint density at radius 2 is 1.72 bits per heavy atom. The van der Waals surface area contributed by atoms with E-state index in [1.807, 2.05) is 0 Å². The van der Waals surface area contributed by atoms with Crippen LogP contribution < -0.4 is 10.6 Å². The van der Waals surface area contributed by atoms with Gasteiger partial charge in [-0.25, -0.2) is 0 Å². The van der Waals surface area contributed by atoms with Crippen LogP contribution >= 0.6 is 0 Å². The van der Waals surface area contributed by atoms with Crippen LogP contribution in [0.4, 0.5) is 0 Å². The highest BCUT2D eigenvalue weighted by atomic mass is 16.4. The van der Waals surface area contributed by atoms with Crippen molar-refractivity contribution in [1.29, 1.82) is 0 Å². The molecule has 6 nitrogen and oxygen atoms in total. The van der Waals surface area contributed by atoms with Gasteiger partial charge >= 0.3 is 5.97 Å². The van der Waals surface area contributed by atoms with Crippen molar-refractivity contribution in [3.63, 3.8) is 0 Å². The fourth-order valence-electron chi connectivity index (χ4n) is 1.29. The minimum Gasteiger partial charge on any atom is -0.480 e. The predicted octanol–water partition coefficient (Wildman–Crippen LogP) is 0.249. The van der Waals surface area contributed by atoms with E-state index >= 15 is 0 Å². The molecule has 0 spiro atoms.